The number of rotatable bonds is 5. The lowest BCUT2D eigenvalue weighted by Crippen LogP contribution is -2.42. The third kappa shape index (κ3) is 4.71. The van der Waals surface area contributed by atoms with Gasteiger partial charge in [-0.2, -0.15) is 13.2 Å². The molecule has 1 aromatic carbocycles. The van der Waals surface area contributed by atoms with Gasteiger partial charge in [-0.15, -0.1) is 0 Å². The molecule has 0 fully saturated rings. The third-order valence-corrected chi connectivity index (χ3v) is 3.68. The van der Waals surface area contributed by atoms with Crippen LogP contribution in [0.5, 0.6) is 0 Å². The number of nitrogens with zero attached hydrogens (tertiary/aromatic N) is 1. The SMILES string of the molecule is CC(Cc1ccc(F)cc1)Nc1cc(=O)n(C(C)C(F)(F)F)c(=O)[nH]1. The summed E-state index contributed by atoms with van der Waals surface area (Å²) in [6.45, 7) is 2.49. The lowest BCUT2D eigenvalue weighted by Gasteiger charge is -2.19. The average Bonchev–Trinajstić information content (AvgIpc) is 2.47. The number of aromatic nitrogens is 2. The van der Waals surface area contributed by atoms with Gasteiger partial charge in [0.05, 0.1) is 0 Å². The summed E-state index contributed by atoms with van der Waals surface area (Å²) in [4.78, 5) is 26.0. The molecule has 0 spiro atoms. The van der Waals surface area contributed by atoms with Crippen molar-refractivity contribution in [2.24, 2.45) is 0 Å². The molecule has 0 amide bonds. The lowest BCUT2D eigenvalue weighted by molar-refractivity contribution is -0.164. The molecule has 1 heterocycles. The van der Waals surface area contributed by atoms with Gasteiger partial charge >= 0.3 is 11.9 Å². The third-order valence-electron chi connectivity index (χ3n) is 3.68. The molecule has 0 radical (unpaired) electrons. The van der Waals surface area contributed by atoms with E-state index in [1.54, 1.807) is 19.1 Å². The zero-order valence-corrected chi connectivity index (χ0v) is 13.5. The van der Waals surface area contributed by atoms with Crippen LogP contribution in [-0.4, -0.2) is 21.8 Å². The average molecular weight is 359 g/mol. The van der Waals surface area contributed by atoms with E-state index < -0.39 is 23.5 Å². The first-order valence-corrected chi connectivity index (χ1v) is 7.51. The number of benzene rings is 1. The van der Waals surface area contributed by atoms with Crippen molar-refractivity contribution in [3.8, 4) is 0 Å². The Morgan fingerprint density at radius 3 is 2.28 bits per heavy atom. The van der Waals surface area contributed by atoms with E-state index in [-0.39, 0.29) is 22.2 Å². The Bertz CT molecular complexity index is 809. The van der Waals surface area contributed by atoms with Crippen LogP contribution in [0.4, 0.5) is 23.4 Å². The van der Waals surface area contributed by atoms with Gasteiger partial charge in [-0.25, -0.2) is 13.8 Å². The summed E-state index contributed by atoms with van der Waals surface area (Å²) in [6, 6.07) is 4.24. The van der Waals surface area contributed by atoms with Crippen LogP contribution in [0.1, 0.15) is 25.5 Å². The van der Waals surface area contributed by atoms with Crippen LogP contribution in [0.15, 0.2) is 39.9 Å². The second kappa shape index (κ2) is 7.12. The van der Waals surface area contributed by atoms with Gasteiger partial charge in [0, 0.05) is 12.1 Å². The summed E-state index contributed by atoms with van der Waals surface area (Å²) < 4.78 is 51.2. The molecule has 0 aliphatic heterocycles. The number of halogens is 4. The number of nitrogens with one attached hydrogen (secondary N) is 2. The molecule has 2 aromatic rings. The topological polar surface area (TPSA) is 66.9 Å². The Hall–Kier alpha value is -2.58. The van der Waals surface area contributed by atoms with E-state index >= 15 is 0 Å². The minimum atomic E-state index is -4.71. The van der Waals surface area contributed by atoms with Crippen molar-refractivity contribution in [1.82, 2.24) is 9.55 Å². The maximum absolute atomic E-state index is 12.9. The highest BCUT2D eigenvalue weighted by Gasteiger charge is 2.39. The van der Waals surface area contributed by atoms with Gasteiger partial charge in [0.25, 0.3) is 5.56 Å². The normalized spacial score (nSPS) is 14.2. The first-order valence-electron chi connectivity index (χ1n) is 7.51. The van der Waals surface area contributed by atoms with Crippen LogP contribution in [0.2, 0.25) is 0 Å². The van der Waals surface area contributed by atoms with Gasteiger partial charge in [0.15, 0.2) is 0 Å². The summed E-state index contributed by atoms with van der Waals surface area (Å²) >= 11 is 0. The summed E-state index contributed by atoms with van der Waals surface area (Å²) in [5, 5.41) is 2.85. The van der Waals surface area contributed by atoms with Gasteiger partial charge in [-0.3, -0.25) is 9.78 Å². The molecule has 2 N–H and O–H groups in total. The van der Waals surface area contributed by atoms with Crippen LogP contribution in [0, 0.1) is 5.82 Å². The van der Waals surface area contributed by atoms with E-state index in [4.69, 9.17) is 0 Å². The molecule has 1 aromatic heterocycles. The van der Waals surface area contributed by atoms with Crippen LogP contribution < -0.4 is 16.6 Å². The number of aromatic amines is 1. The molecule has 2 atom stereocenters. The van der Waals surface area contributed by atoms with E-state index in [9.17, 15) is 27.2 Å². The first-order chi connectivity index (χ1) is 11.6. The zero-order chi connectivity index (χ0) is 18.8. The molecular formula is C16H17F4N3O2. The van der Waals surface area contributed by atoms with Crippen LogP contribution in [-0.2, 0) is 6.42 Å². The second-order valence-corrected chi connectivity index (χ2v) is 5.79. The fourth-order valence-electron chi connectivity index (χ4n) is 2.39. The fraction of sp³-hybridized carbons (Fsp3) is 0.375. The minimum Gasteiger partial charge on any atom is -0.369 e. The van der Waals surface area contributed by atoms with Crippen LogP contribution >= 0.6 is 0 Å². The van der Waals surface area contributed by atoms with Crippen molar-refractivity contribution >= 4 is 5.82 Å². The van der Waals surface area contributed by atoms with Crippen molar-refractivity contribution in [1.29, 1.82) is 0 Å². The number of hydrogen-bond donors (Lipinski definition) is 2. The summed E-state index contributed by atoms with van der Waals surface area (Å²) in [5.74, 6) is -0.341. The van der Waals surface area contributed by atoms with Crippen molar-refractivity contribution in [3.05, 3.63) is 62.6 Å². The van der Waals surface area contributed by atoms with Gasteiger partial charge in [0.1, 0.15) is 17.7 Å². The molecule has 9 heteroatoms. The molecule has 0 aliphatic carbocycles. The van der Waals surface area contributed by atoms with Crippen molar-refractivity contribution in [2.45, 2.75) is 38.5 Å². The highest BCUT2D eigenvalue weighted by Crippen LogP contribution is 2.27. The van der Waals surface area contributed by atoms with Crippen LogP contribution in [0.25, 0.3) is 0 Å². The number of H-pyrrole nitrogens is 1. The molecule has 0 saturated heterocycles. The van der Waals surface area contributed by atoms with E-state index in [1.165, 1.54) is 12.1 Å². The predicted octanol–water partition coefficient (Wildman–Crippen LogP) is 2.84. The molecule has 2 unspecified atom stereocenters. The smallest absolute Gasteiger partial charge is 0.369 e. The van der Waals surface area contributed by atoms with E-state index in [0.29, 0.717) is 6.42 Å². The zero-order valence-electron chi connectivity index (χ0n) is 13.5. The van der Waals surface area contributed by atoms with Gasteiger partial charge in [0.2, 0.25) is 0 Å². The molecule has 2 rings (SSSR count). The van der Waals surface area contributed by atoms with Gasteiger partial charge < -0.3 is 5.32 Å². The highest BCUT2D eigenvalue weighted by atomic mass is 19.4. The number of anilines is 1. The summed E-state index contributed by atoms with van der Waals surface area (Å²) in [5.41, 5.74) is -1.37. The van der Waals surface area contributed by atoms with Crippen molar-refractivity contribution < 1.29 is 17.6 Å². The number of hydrogen-bond acceptors (Lipinski definition) is 3. The fourth-order valence-corrected chi connectivity index (χ4v) is 2.39. The van der Waals surface area contributed by atoms with Crippen LogP contribution in [0.3, 0.4) is 0 Å². The largest absolute Gasteiger partial charge is 0.409 e. The predicted molar refractivity (Wildman–Crippen MR) is 85.3 cm³/mol. The molecule has 136 valence electrons. The number of alkyl halides is 3. The Labute approximate surface area is 140 Å². The van der Waals surface area contributed by atoms with Crippen molar-refractivity contribution in [2.75, 3.05) is 5.32 Å². The standard InChI is InChI=1S/C16H17F4N3O2/c1-9(7-11-3-5-12(17)6-4-11)21-13-8-14(24)23(15(25)22-13)10(2)16(18,19)20/h3-6,8-10,21H,7H2,1-2H3,(H,22,25). The Balaban J connectivity index is 2.17. The molecule has 0 bridgehead atoms. The molecular weight excluding hydrogens is 342 g/mol. The van der Waals surface area contributed by atoms with Gasteiger partial charge in [-0.1, -0.05) is 12.1 Å². The van der Waals surface area contributed by atoms with E-state index in [2.05, 4.69) is 10.3 Å². The van der Waals surface area contributed by atoms with E-state index in [1.807, 2.05) is 0 Å². The monoisotopic (exact) mass is 359 g/mol. The van der Waals surface area contributed by atoms with Crippen molar-refractivity contribution in [3.63, 3.8) is 0 Å². The minimum absolute atomic E-state index is 0.0234. The Morgan fingerprint density at radius 1 is 1.16 bits per heavy atom. The summed E-state index contributed by atoms with van der Waals surface area (Å²) in [6.07, 6.45) is -4.24. The Kier molecular flexibility index (Phi) is 5.34. The molecule has 25 heavy (non-hydrogen) atoms. The maximum atomic E-state index is 12.9. The molecule has 5 nitrogen and oxygen atoms in total. The van der Waals surface area contributed by atoms with E-state index in [0.717, 1.165) is 18.6 Å². The molecule has 0 aliphatic rings. The Morgan fingerprint density at radius 2 is 1.76 bits per heavy atom. The second-order valence-electron chi connectivity index (χ2n) is 5.79. The lowest BCUT2D eigenvalue weighted by atomic mass is 10.1. The quantitative estimate of drug-likeness (QED) is 0.807. The summed E-state index contributed by atoms with van der Waals surface area (Å²) in [7, 11) is 0. The van der Waals surface area contributed by atoms with Gasteiger partial charge in [-0.05, 0) is 38.0 Å². The first kappa shape index (κ1) is 18.8. The molecule has 0 saturated carbocycles. The maximum Gasteiger partial charge on any atom is 0.409 e. The highest BCUT2D eigenvalue weighted by molar-refractivity contribution is 5.34.